The molecule has 0 spiro atoms. The summed E-state index contributed by atoms with van der Waals surface area (Å²) in [6.07, 6.45) is 0. The van der Waals surface area contributed by atoms with Gasteiger partial charge in [0.1, 0.15) is 4.88 Å². The molecule has 2 heterocycles. The van der Waals surface area contributed by atoms with Crippen molar-refractivity contribution in [1.29, 1.82) is 0 Å². The highest BCUT2D eigenvalue weighted by Crippen LogP contribution is 2.28. The van der Waals surface area contributed by atoms with Gasteiger partial charge in [0, 0.05) is 11.4 Å². The highest BCUT2D eigenvalue weighted by atomic mass is 32.1. The standard InChI is InChI=1S/C18H20N4OS/c1-10-6-7-15(11(2)8-10)20-18-19-14(5)16(24-18)17(23)22-13(4)9-12(3)21-22/h6-9H,1-5H3,(H,19,20). The molecule has 0 amide bonds. The second kappa shape index (κ2) is 6.20. The molecule has 0 aliphatic heterocycles. The molecule has 0 radical (unpaired) electrons. The van der Waals surface area contributed by atoms with Crippen LogP contribution in [0.15, 0.2) is 24.3 Å². The molecule has 5 nitrogen and oxygen atoms in total. The second-order valence-electron chi connectivity index (χ2n) is 6.02. The fourth-order valence-electron chi connectivity index (χ4n) is 2.65. The Hall–Kier alpha value is -2.47. The van der Waals surface area contributed by atoms with Crippen LogP contribution in [0.1, 0.15) is 37.9 Å². The Morgan fingerprint density at radius 3 is 2.50 bits per heavy atom. The van der Waals surface area contributed by atoms with Gasteiger partial charge in [-0.2, -0.15) is 5.10 Å². The van der Waals surface area contributed by atoms with E-state index in [1.165, 1.54) is 21.6 Å². The summed E-state index contributed by atoms with van der Waals surface area (Å²) < 4.78 is 1.44. The SMILES string of the molecule is Cc1ccc(Nc2nc(C)c(C(=O)n3nc(C)cc3C)s2)c(C)c1. The minimum atomic E-state index is -0.135. The summed E-state index contributed by atoms with van der Waals surface area (Å²) in [5.74, 6) is -0.135. The Balaban J connectivity index is 1.90. The number of aromatic nitrogens is 3. The molecular formula is C18H20N4OS. The van der Waals surface area contributed by atoms with Crippen molar-refractivity contribution in [2.75, 3.05) is 5.32 Å². The zero-order valence-corrected chi connectivity index (χ0v) is 15.3. The van der Waals surface area contributed by atoms with Gasteiger partial charge in [-0.25, -0.2) is 9.67 Å². The number of thiazole rings is 1. The summed E-state index contributed by atoms with van der Waals surface area (Å²) in [6.45, 7) is 9.72. The predicted molar refractivity (Wildman–Crippen MR) is 97.5 cm³/mol. The van der Waals surface area contributed by atoms with Gasteiger partial charge in [0.15, 0.2) is 5.13 Å². The van der Waals surface area contributed by atoms with Crippen molar-refractivity contribution in [3.05, 3.63) is 57.4 Å². The first-order valence-corrected chi connectivity index (χ1v) is 8.56. The van der Waals surface area contributed by atoms with Crippen molar-refractivity contribution >= 4 is 28.1 Å². The smallest absolute Gasteiger partial charge is 0.290 e. The van der Waals surface area contributed by atoms with Gasteiger partial charge >= 0.3 is 0 Å². The topological polar surface area (TPSA) is 59.8 Å². The van der Waals surface area contributed by atoms with Crippen LogP contribution in [0.25, 0.3) is 0 Å². The lowest BCUT2D eigenvalue weighted by Gasteiger charge is -2.07. The van der Waals surface area contributed by atoms with E-state index in [2.05, 4.69) is 41.4 Å². The maximum absolute atomic E-state index is 12.7. The monoisotopic (exact) mass is 340 g/mol. The number of anilines is 2. The van der Waals surface area contributed by atoms with Gasteiger partial charge in [-0.1, -0.05) is 29.0 Å². The maximum atomic E-state index is 12.7. The number of hydrogen-bond donors (Lipinski definition) is 1. The molecule has 0 aliphatic carbocycles. The van der Waals surface area contributed by atoms with E-state index in [1.54, 1.807) is 0 Å². The van der Waals surface area contributed by atoms with Gasteiger partial charge < -0.3 is 5.32 Å². The Morgan fingerprint density at radius 2 is 1.88 bits per heavy atom. The number of hydrogen-bond acceptors (Lipinski definition) is 5. The van der Waals surface area contributed by atoms with Crippen LogP contribution in [0, 0.1) is 34.6 Å². The lowest BCUT2D eigenvalue weighted by atomic mass is 10.1. The van der Waals surface area contributed by atoms with Crippen LogP contribution in [0.3, 0.4) is 0 Å². The Kier molecular flexibility index (Phi) is 4.24. The number of nitrogens with one attached hydrogen (secondary N) is 1. The molecule has 0 saturated heterocycles. The normalized spacial score (nSPS) is 10.9. The molecule has 0 unspecified atom stereocenters. The van der Waals surface area contributed by atoms with Crippen molar-refractivity contribution in [2.24, 2.45) is 0 Å². The Morgan fingerprint density at radius 1 is 1.12 bits per heavy atom. The van der Waals surface area contributed by atoms with Crippen molar-refractivity contribution < 1.29 is 4.79 Å². The van der Waals surface area contributed by atoms with Crippen molar-refractivity contribution in [3.63, 3.8) is 0 Å². The van der Waals surface area contributed by atoms with Crippen LogP contribution < -0.4 is 5.32 Å². The molecule has 2 aromatic heterocycles. The molecule has 3 rings (SSSR count). The largest absolute Gasteiger partial charge is 0.331 e. The zero-order valence-electron chi connectivity index (χ0n) is 14.5. The minimum absolute atomic E-state index is 0.135. The van der Waals surface area contributed by atoms with Gasteiger partial charge in [0.2, 0.25) is 0 Å². The molecule has 0 atom stereocenters. The third-order valence-electron chi connectivity index (χ3n) is 3.82. The summed E-state index contributed by atoms with van der Waals surface area (Å²) in [4.78, 5) is 17.8. The van der Waals surface area contributed by atoms with E-state index < -0.39 is 0 Å². The van der Waals surface area contributed by atoms with Gasteiger partial charge in [-0.15, -0.1) is 0 Å². The van der Waals surface area contributed by atoms with E-state index >= 15 is 0 Å². The van der Waals surface area contributed by atoms with Gasteiger partial charge in [-0.3, -0.25) is 4.79 Å². The Labute approximate surface area is 145 Å². The van der Waals surface area contributed by atoms with Crippen LogP contribution in [-0.2, 0) is 0 Å². The Bertz CT molecular complexity index is 923. The number of benzene rings is 1. The van der Waals surface area contributed by atoms with E-state index in [1.807, 2.05) is 32.9 Å². The molecule has 0 fully saturated rings. The van der Waals surface area contributed by atoms with Crippen LogP contribution in [0.2, 0.25) is 0 Å². The molecule has 24 heavy (non-hydrogen) atoms. The number of rotatable bonds is 3. The average Bonchev–Trinajstić information content (AvgIpc) is 3.03. The number of carbonyl (C=O) groups excluding carboxylic acids is 1. The van der Waals surface area contributed by atoms with Crippen LogP contribution >= 0.6 is 11.3 Å². The van der Waals surface area contributed by atoms with Crippen molar-refractivity contribution in [2.45, 2.75) is 34.6 Å². The predicted octanol–water partition coefficient (Wildman–Crippen LogP) is 4.31. The lowest BCUT2D eigenvalue weighted by molar-refractivity contribution is 0.0945. The highest BCUT2D eigenvalue weighted by molar-refractivity contribution is 7.17. The maximum Gasteiger partial charge on any atom is 0.290 e. The fourth-order valence-corrected chi connectivity index (χ4v) is 3.55. The fraction of sp³-hybridized carbons (Fsp3) is 0.278. The molecule has 3 aromatic rings. The van der Waals surface area contributed by atoms with Gasteiger partial charge in [-0.05, 0) is 52.3 Å². The molecule has 6 heteroatoms. The van der Waals surface area contributed by atoms with E-state index in [0.29, 0.717) is 15.7 Å². The summed E-state index contributed by atoms with van der Waals surface area (Å²) >= 11 is 1.36. The summed E-state index contributed by atoms with van der Waals surface area (Å²) in [5.41, 5.74) is 5.73. The van der Waals surface area contributed by atoms with E-state index in [9.17, 15) is 4.79 Å². The third kappa shape index (κ3) is 3.10. The summed E-state index contributed by atoms with van der Waals surface area (Å²) in [6, 6.07) is 8.09. The highest BCUT2D eigenvalue weighted by Gasteiger charge is 2.19. The molecule has 0 aliphatic rings. The third-order valence-corrected chi connectivity index (χ3v) is 4.88. The zero-order chi connectivity index (χ0) is 17.4. The number of carbonyl (C=O) groups is 1. The van der Waals surface area contributed by atoms with Crippen LogP contribution in [0.4, 0.5) is 10.8 Å². The van der Waals surface area contributed by atoms with Crippen molar-refractivity contribution in [1.82, 2.24) is 14.8 Å². The summed E-state index contributed by atoms with van der Waals surface area (Å²) in [7, 11) is 0. The summed E-state index contributed by atoms with van der Waals surface area (Å²) in [5, 5.41) is 8.29. The van der Waals surface area contributed by atoms with Gasteiger partial charge in [0.25, 0.3) is 5.91 Å². The molecule has 124 valence electrons. The quantitative estimate of drug-likeness (QED) is 0.771. The van der Waals surface area contributed by atoms with Gasteiger partial charge in [0.05, 0.1) is 11.4 Å². The number of aryl methyl sites for hydroxylation is 5. The first-order valence-electron chi connectivity index (χ1n) is 7.75. The van der Waals surface area contributed by atoms with E-state index in [-0.39, 0.29) is 5.91 Å². The number of nitrogens with zero attached hydrogens (tertiary/aromatic N) is 3. The molecule has 1 aromatic carbocycles. The molecule has 0 bridgehead atoms. The second-order valence-corrected chi connectivity index (χ2v) is 7.02. The van der Waals surface area contributed by atoms with Crippen LogP contribution in [0.5, 0.6) is 0 Å². The molecular weight excluding hydrogens is 320 g/mol. The van der Waals surface area contributed by atoms with Crippen LogP contribution in [-0.4, -0.2) is 20.7 Å². The molecule has 0 saturated carbocycles. The first-order chi connectivity index (χ1) is 11.3. The van der Waals surface area contributed by atoms with E-state index in [0.717, 1.165) is 22.6 Å². The minimum Gasteiger partial charge on any atom is -0.331 e. The lowest BCUT2D eigenvalue weighted by Crippen LogP contribution is -2.14. The molecule has 1 N–H and O–H groups in total. The first kappa shape index (κ1) is 16.4. The van der Waals surface area contributed by atoms with E-state index in [4.69, 9.17) is 0 Å². The average molecular weight is 340 g/mol. The van der Waals surface area contributed by atoms with Crippen molar-refractivity contribution in [3.8, 4) is 0 Å².